The summed E-state index contributed by atoms with van der Waals surface area (Å²) in [4.78, 5) is -1.00. The first-order valence-electron chi connectivity index (χ1n) is 5.18. The molecule has 0 atom stereocenters. The third kappa shape index (κ3) is 3.24. The Morgan fingerprint density at radius 1 is 1.28 bits per heavy atom. The van der Waals surface area contributed by atoms with Crippen molar-refractivity contribution in [1.82, 2.24) is 4.31 Å². The third-order valence-electron chi connectivity index (χ3n) is 2.20. The van der Waals surface area contributed by atoms with Crippen molar-refractivity contribution in [2.45, 2.75) is 24.3 Å². The molecule has 1 rings (SSSR count). The first-order valence-corrected chi connectivity index (χ1v) is 6.62. The summed E-state index contributed by atoms with van der Waals surface area (Å²) in [6.45, 7) is 2.52. The van der Waals surface area contributed by atoms with E-state index in [0.717, 1.165) is 25.2 Å². The lowest BCUT2D eigenvalue weighted by molar-refractivity contribution is 0.0639. The van der Waals surface area contributed by atoms with Gasteiger partial charge in [-0.1, -0.05) is 6.07 Å². The quantitative estimate of drug-likeness (QED) is 0.905. The van der Waals surface area contributed by atoms with Crippen LogP contribution in [0, 0.1) is 11.6 Å². The van der Waals surface area contributed by atoms with E-state index < -0.39 is 32.2 Å². The first-order chi connectivity index (χ1) is 8.05. The Bertz CT molecular complexity index is 517. The van der Waals surface area contributed by atoms with Crippen LogP contribution in [0.2, 0.25) is 0 Å². The molecule has 0 aliphatic rings. The molecule has 1 aromatic rings. The predicted molar refractivity (Wildman–Crippen MR) is 62.5 cm³/mol. The van der Waals surface area contributed by atoms with Crippen LogP contribution in [0.5, 0.6) is 0 Å². The summed E-state index contributed by atoms with van der Waals surface area (Å²) < 4.78 is 51.6. The van der Waals surface area contributed by atoms with Crippen molar-refractivity contribution < 1.29 is 22.3 Å². The zero-order valence-corrected chi connectivity index (χ0v) is 11.1. The van der Waals surface area contributed by atoms with Crippen molar-refractivity contribution >= 4 is 10.0 Å². The maximum atomic E-state index is 13.4. The van der Waals surface area contributed by atoms with Crippen LogP contribution in [0.4, 0.5) is 8.78 Å². The smallest absolute Gasteiger partial charge is 0.248 e. The summed E-state index contributed by atoms with van der Waals surface area (Å²) in [5.74, 6) is -2.31. The Balaban J connectivity index is 3.22. The number of aliphatic hydroxyl groups is 1. The minimum Gasteiger partial charge on any atom is -0.389 e. The highest BCUT2D eigenvalue weighted by molar-refractivity contribution is 7.89. The lowest BCUT2D eigenvalue weighted by Gasteiger charge is -2.25. The van der Waals surface area contributed by atoms with Crippen molar-refractivity contribution in [2.24, 2.45) is 0 Å². The SMILES string of the molecule is CN(CC(C)(C)O)S(=O)(=O)c1c(F)cccc1F. The Kier molecular flexibility index (Phi) is 4.09. The van der Waals surface area contributed by atoms with Gasteiger partial charge in [0, 0.05) is 13.6 Å². The molecule has 18 heavy (non-hydrogen) atoms. The van der Waals surface area contributed by atoms with Crippen LogP contribution in [-0.2, 0) is 10.0 Å². The Labute approximate surface area is 105 Å². The monoisotopic (exact) mass is 279 g/mol. The number of likely N-dealkylation sites (N-methyl/N-ethyl adjacent to an activating group) is 1. The molecule has 0 aliphatic carbocycles. The average Bonchev–Trinajstić information content (AvgIpc) is 2.13. The molecular formula is C11H15F2NO3S. The molecule has 0 aromatic heterocycles. The molecule has 7 heteroatoms. The molecule has 0 unspecified atom stereocenters. The van der Waals surface area contributed by atoms with Gasteiger partial charge in [0.05, 0.1) is 5.60 Å². The number of hydrogen-bond acceptors (Lipinski definition) is 3. The van der Waals surface area contributed by atoms with Crippen LogP contribution in [0.3, 0.4) is 0 Å². The van der Waals surface area contributed by atoms with E-state index in [0.29, 0.717) is 4.31 Å². The largest absolute Gasteiger partial charge is 0.389 e. The molecule has 0 aliphatic heterocycles. The van der Waals surface area contributed by atoms with Crippen LogP contribution < -0.4 is 0 Å². The molecule has 0 fully saturated rings. The van der Waals surface area contributed by atoms with E-state index in [1.807, 2.05) is 0 Å². The molecule has 0 spiro atoms. The molecule has 102 valence electrons. The molecule has 0 heterocycles. The van der Waals surface area contributed by atoms with Gasteiger partial charge in [-0.05, 0) is 26.0 Å². The molecule has 1 N–H and O–H groups in total. The summed E-state index contributed by atoms with van der Waals surface area (Å²) in [6, 6.07) is 2.82. The number of benzene rings is 1. The average molecular weight is 279 g/mol. The van der Waals surface area contributed by atoms with Crippen molar-refractivity contribution in [1.29, 1.82) is 0 Å². The molecular weight excluding hydrogens is 264 g/mol. The van der Waals surface area contributed by atoms with E-state index in [1.54, 1.807) is 0 Å². The zero-order valence-electron chi connectivity index (χ0n) is 10.3. The highest BCUT2D eigenvalue weighted by Crippen LogP contribution is 2.22. The number of nitrogens with zero attached hydrogens (tertiary/aromatic N) is 1. The van der Waals surface area contributed by atoms with Gasteiger partial charge in [0.2, 0.25) is 10.0 Å². The lowest BCUT2D eigenvalue weighted by atomic mass is 10.1. The van der Waals surface area contributed by atoms with Gasteiger partial charge in [-0.2, -0.15) is 4.31 Å². The van der Waals surface area contributed by atoms with Gasteiger partial charge in [0.15, 0.2) is 4.90 Å². The molecule has 0 bridgehead atoms. The summed E-state index contributed by atoms with van der Waals surface area (Å²) >= 11 is 0. The fourth-order valence-corrected chi connectivity index (χ4v) is 2.94. The number of halogens is 2. The maximum absolute atomic E-state index is 13.4. The van der Waals surface area contributed by atoms with Gasteiger partial charge >= 0.3 is 0 Å². The van der Waals surface area contributed by atoms with Gasteiger partial charge in [-0.3, -0.25) is 0 Å². The van der Waals surface area contributed by atoms with E-state index >= 15 is 0 Å². The third-order valence-corrected chi connectivity index (χ3v) is 4.05. The minimum absolute atomic E-state index is 0.275. The van der Waals surface area contributed by atoms with E-state index in [4.69, 9.17) is 0 Å². The van der Waals surface area contributed by atoms with E-state index in [1.165, 1.54) is 13.8 Å². The van der Waals surface area contributed by atoms with Gasteiger partial charge < -0.3 is 5.11 Å². The second kappa shape index (κ2) is 4.91. The number of hydrogen-bond donors (Lipinski definition) is 1. The van der Waals surface area contributed by atoms with Crippen LogP contribution in [0.15, 0.2) is 23.1 Å². The van der Waals surface area contributed by atoms with Crippen LogP contribution in [0.25, 0.3) is 0 Å². The summed E-state index contributed by atoms with van der Waals surface area (Å²) in [5.41, 5.74) is -1.30. The second-order valence-electron chi connectivity index (χ2n) is 4.62. The Hall–Kier alpha value is -1.05. The van der Waals surface area contributed by atoms with E-state index in [-0.39, 0.29) is 6.54 Å². The molecule has 0 saturated carbocycles. The van der Waals surface area contributed by atoms with Gasteiger partial charge in [-0.25, -0.2) is 17.2 Å². The molecule has 0 radical (unpaired) electrons. The van der Waals surface area contributed by atoms with Crippen molar-refractivity contribution in [3.8, 4) is 0 Å². The van der Waals surface area contributed by atoms with Crippen LogP contribution in [0.1, 0.15) is 13.8 Å². The molecule has 1 aromatic carbocycles. The van der Waals surface area contributed by atoms with E-state index in [2.05, 4.69) is 0 Å². The van der Waals surface area contributed by atoms with Crippen LogP contribution >= 0.6 is 0 Å². The topological polar surface area (TPSA) is 57.6 Å². The summed E-state index contributed by atoms with van der Waals surface area (Å²) in [7, 11) is -3.16. The van der Waals surface area contributed by atoms with Crippen molar-refractivity contribution in [2.75, 3.05) is 13.6 Å². The van der Waals surface area contributed by atoms with E-state index in [9.17, 15) is 22.3 Å². The molecule has 0 saturated heterocycles. The predicted octanol–water partition coefficient (Wildman–Crippen LogP) is 1.36. The fraction of sp³-hybridized carbons (Fsp3) is 0.455. The lowest BCUT2D eigenvalue weighted by Crippen LogP contribution is -2.40. The normalized spacial score (nSPS) is 13.1. The molecule has 4 nitrogen and oxygen atoms in total. The van der Waals surface area contributed by atoms with Gasteiger partial charge in [0.1, 0.15) is 11.6 Å². The second-order valence-corrected chi connectivity index (χ2v) is 6.61. The Morgan fingerprint density at radius 2 is 1.72 bits per heavy atom. The maximum Gasteiger partial charge on any atom is 0.248 e. The highest BCUT2D eigenvalue weighted by Gasteiger charge is 2.31. The summed E-state index contributed by atoms with van der Waals surface area (Å²) in [6.07, 6.45) is 0. The van der Waals surface area contributed by atoms with Crippen LogP contribution in [-0.4, -0.2) is 37.0 Å². The zero-order chi connectivity index (χ0) is 14.1. The van der Waals surface area contributed by atoms with Gasteiger partial charge in [-0.15, -0.1) is 0 Å². The highest BCUT2D eigenvalue weighted by atomic mass is 32.2. The standard InChI is InChI=1S/C11H15F2NO3S/c1-11(2,15)7-14(3)18(16,17)10-8(12)5-4-6-9(10)13/h4-6,15H,7H2,1-3H3. The molecule has 0 amide bonds. The first kappa shape index (κ1) is 15.0. The van der Waals surface area contributed by atoms with Crippen molar-refractivity contribution in [3.63, 3.8) is 0 Å². The fourth-order valence-electron chi connectivity index (χ4n) is 1.51. The van der Waals surface area contributed by atoms with Gasteiger partial charge in [0.25, 0.3) is 0 Å². The summed E-state index contributed by atoms with van der Waals surface area (Å²) in [5, 5.41) is 9.54. The Morgan fingerprint density at radius 3 is 2.11 bits per heavy atom. The number of sulfonamides is 1. The minimum atomic E-state index is -4.31. The number of rotatable bonds is 4. The van der Waals surface area contributed by atoms with Crippen molar-refractivity contribution in [3.05, 3.63) is 29.8 Å².